The molecule has 0 spiro atoms. The molecule has 2 aromatic carbocycles. The standard InChI is InChI=1S/C21H26N2O2/c1-5-23(6-2)21(25)18-9-7-17(8-10-18)20(24)22-19-13-11-16(12-14-19)15(3)4/h7-15H,5-6H2,1-4H3,(H,22,24). The molecule has 0 radical (unpaired) electrons. The van der Waals surface area contributed by atoms with E-state index in [0.29, 0.717) is 30.1 Å². The zero-order chi connectivity index (χ0) is 18.4. The predicted molar refractivity (Wildman–Crippen MR) is 102 cm³/mol. The highest BCUT2D eigenvalue weighted by molar-refractivity contribution is 6.05. The van der Waals surface area contributed by atoms with Gasteiger partial charge in [0.15, 0.2) is 0 Å². The Morgan fingerprint density at radius 1 is 0.880 bits per heavy atom. The number of anilines is 1. The molecule has 0 aliphatic heterocycles. The van der Waals surface area contributed by atoms with Gasteiger partial charge in [-0.05, 0) is 61.7 Å². The lowest BCUT2D eigenvalue weighted by atomic mass is 10.0. The van der Waals surface area contributed by atoms with Crippen LogP contribution in [0.3, 0.4) is 0 Å². The summed E-state index contributed by atoms with van der Waals surface area (Å²) in [7, 11) is 0. The van der Waals surface area contributed by atoms with E-state index >= 15 is 0 Å². The molecule has 0 aliphatic carbocycles. The second-order valence-electron chi connectivity index (χ2n) is 6.29. The lowest BCUT2D eigenvalue weighted by molar-refractivity contribution is 0.0772. The fourth-order valence-corrected chi connectivity index (χ4v) is 2.61. The summed E-state index contributed by atoms with van der Waals surface area (Å²) >= 11 is 0. The van der Waals surface area contributed by atoms with Gasteiger partial charge in [0.25, 0.3) is 11.8 Å². The van der Waals surface area contributed by atoms with Crippen molar-refractivity contribution in [2.75, 3.05) is 18.4 Å². The van der Waals surface area contributed by atoms with E-state index in [1.807, 2.05) is 38.1 Å². The number of rotatable bonds is 6. The summed E-state index contributed by atoms with van der Waals surface area (Å²) in [5.74, 6) is 0.265. The van der Waals surface area contributed by atoms with Crippen molar-refractivity contribution in [2.45, 2.75) is 33.6 Å². The molecule has 0 aromatic heterocycles. The molecule has 0 saturated heterocycles. The monoisotopic (exact) mass is 338 g/mol. The summed E-state index contributed by atoms with van der Waals surface area (Å²) < 4.78 is 0. The fourth-order valence-electron chi connectivity index (χ4n) is 2.61. The Labute approximate surface area is 149 Å². The normalized spacial score (nSPS) is 10.6. The molecule has 2 amide bonds. The first-order chi connectivity index (χ1) is 12.0. The number of amides is 2. The van der Waals surface area contributed by atoms with Gasteiger partial charge in [0.05, 0.1) is 0 Å². The summed E-state index contributed by atoms with van der Waals surface area (Å²) in [4.78, 5) is 26.4. The van der Waals surface area contributed by atoms with Gasteiger partial charge in [-0.2, -0.15) is 0 Å². The highest BCUT2D eigenvalue weighted by Crippen LogP contribution is 2.18. The first-order valence-electron chi connectivity index (χ1n) is 8.76. The van der Waals surface area contributed by atoms with Gasteiger partial charge >= 0.3 is 0 Å². The van der Waals surface area contributed by atoms with Gasteiger partial charge in [0.2, 0.25) is 0 Å². The smallest absolute Gasteiger partial charge is 0.255 e. The van der Waals surface area contributed by atoms with E-state index in [1.54, 1.807) is 29.2 Å². The van der Waals surface area contributed by atoms with Crippen LogP contribution in [0.25, 0.3) is 0 Å². The maximum Gasteiger partial charge on any atom is 0.255 e. The lowest BCUT2D eigenvalue weighted by Crippen LogP contribution is -2.30. The second kappa shape index (κ2) is 8.47. The third kappa shape index (κ3) is 4.69. The maximum absolute atomic E-state index is 12.4. The Hall–Kier alpha value is -2.62. The lowest BCUT2D eigenvalue weighted by Gasteiger charge is -2.18. The Morgan fingerprint density at radius 2 is 1.40 bits per heavy atom. The van der Waals surface area contributed by atoms with Crippen LogP contribution >= 0.6 is 0 Å². The molecule has 4 heteroatoms. The van der Waals surface area contributed by atoms with Crippen LogP contribution in [0.4, 0.5) is 5.69 Å². The molecular weight excluding hydrogens is 312 g/mol. The molecule has 0 aliphatic rings. The molecule has 2 rings (SSSR count). The number of carbonyl (C=O) groups is 2. The minimum Gasteiger partial charge on any atom is -0.339 e. The van der Waals surface area contributed by atoms with E-state index in [9.17, 15) is 9.59 Å². The van der Waals surface area contributed by atoms with Gasteiger partial charge in [-0.3, -0.25) is 9.59 Å². The Balaban J connectivity index is 2.06. The molecular formula is C21H26N2O2. The quantitative estimate of drug-likeness (QED) is 0.840. The van der Waals surface area contributed by atoms with Crippen molar-refractivity contribution < 1.29 is 9.59 Å². The third-order valence-corrected chi connectivity index (χ3v) is 4.28. The predicted octanol–water partition coefficient (Wildman–Crippen LogP) is 4.54. The highest BCUT2D eigenvalue weighted by atomic mass is 16.2. The van der Waals surface area contributed by atoms with Crippen LogP contribution in [0, 0.1) is 0 Å². The van der Waals surface area contributed by atoms with Crippen LogP contribution in [-0.4, -0.2) is 29.8 Å². The summed E-state index contributed by atoms with van der Waals surface area (Å²) in [6.45, 7) is 9.51. The second-order valence-corrected chi connectivity index (χ2v) is 6.29. The Morgan fingerprint density at radius 3 is 1.88 bits per heavy atom. The van der Waals surface area contributed by atoms with Crippen molar-refractivity contribution in [3.05, 3.63) is 65.2 Å². The van der Waals surface area contributed by atoms with Crippen LogP contribution in [0.15, 0.2) is 48.5 Å². The van der Waals surface area contributed by atoms with Crippen molar-refractivity contribution in [3.8, 4) is 0 Å². The highest BCUT2D eigenvalue weighted by Gasteiger charge is 2.13. The van der Waals surface area contributed by atoms with E-state index in [0.717, 1.165) is 5.69 Å². The van der Waals surface area contributed by atoms with Crippen molar-refractivity contribution >= 4 is 17.5 Å². The Kier molecular flexibility index (Phi) is 6.34. The Bertz CT molecular complexity index is 715. The minimum absolute atomic E-state index is 0.0127. The molecule has 0 heterocycles. The number of carbonyl (C=O) groups excluding carboxylic acids is 2. The van der Waals surface area contributed by atoms with E-state index in [4.69, 9.17) is 0 Å². The van der Waals surface area contributed by atoms with Gasteiger partial charge < -0.3 is 10.2 Å². The number of nitrogens with one attached hydrogen (secondary N) is 1. The summed E-state index contributed by atoms with van der Waals surface area (Å²) in [5.41, 5.74) is 3.13. The molecule has 1 N–H and O–H groups in total. The summed E-state index contributed by atoms with van der Waals surface area (Å²) in [6, 6.07) is 14.6. The topological polar surface area (TPSA) is 49.4 Å². The number of hydrogen-bond donors (Lipinski definition) is 1. The van der Waals surface area contributed by atoms with Crippen molar-refractivity contribution in [3.63, 3.8) is 0 Å². The van der Waals surface area contributed by atoms with E-state index < -0.39 is 0 Å². The van der Waals surface area contributed by atoms with Gasteiger partial charge in [-0.1, -0.05) is 26.0 Å². The third-order valence-electron chi connectivity index (χ3n) is 4.28. The van der Waals surface area contributed by atoms with Crippen molar-refractivity contribution in [2.24, 2.45) is 0 Å². The molecule has 2 aromatic rings. The average molecular weight is 338 g/mol. The fraction of sp³-hybridized carbons (Fsp3) is 0.333. The van der Waals surface area contributed by atoms with Crippen LogP contribution in [0.5, 0.6) is 0 Å². The van der Waals surface area contributed by atoms with Crippen molar-refractivity contribution in [1.82, 2.24) is 4.90 Å². The van der Waals surface area contributed by atoms with Gasteiger partial charge in [-0.25, -0.2) is 0 Å². The van der Waals surface area contributed by atoms with E-state index in [1.165, 1.54) is 5.56 Å². The molecule has 4 nitrogen and oxygen atoms in total. The van der Waals surface area contributed by atoms with Crippen molar-refractivity contribution in [1.29, 1.82) is 0 Å². The summed E-state index contributed by atoms with van der Waals surface area (Å²) in [6.07, 6.45) is 0. The molecule has 0 bridgehead atoms. The van der Waals surface area contributed by atoms with Gasteiger partial charge in [0.1, 0.15) is 0 Å². The van der Waals surface area contributed by atoms with E-state index in [-0.39, 0.29) is 11.8 Å². The van der Waals surface area contributed by atoms with Gasteiger partial charge in [-0.15, -0.1) is 0 Å². The van der Waals surface area contributed by atoms with Crippen LogP contribution < -0.4 is 5.32 Å². The van der Waals surface area contributed by atoms with E-state index in [2.05, 4.69) is 19.2 Å². The molecule has 0 unspecified atom stereocenters. The van der Waals surface area contributed by atoms with Crippen LogP contribution in [0.2, 0.25) is 0 Å². The van der Waals surface area contributed by atoms with Crippen LogP contribution in [0.1, 0.15) is 59.9 Å². The SMILES string of the molecule is CCN(CC)C(=O)c1ccc(C(=O)Nc2ccc(C(C)C)cc2)cc1. The molecule has 0 saturated carbocycles. The molecule has 0 fully saturated rings. The average Bonchev–Trinajstić information content (AvgIpc) is 2.63. The first-order valence-corrected chi connectivity index (χ1v) is 8.76. The first kappa shape index (κ1) is 18.7. The zero-order valence-corrected chi connectivity index (χ0v) is 15.4. The largest absolute Gasteiger partial charge is 0.339 e. The number of nitrogens with zero attached hydrogens (tertiary/aromatic N) is 1. The van der Waals surface area contributed by atoms with Gasteiger partial charge in [0, 0.05) is 29.9 Å². The number of hydrogen-bond acceptors (Lipinski definition) is 2. The maximum atomic E-state index is 12.4. The zero-order valence-electron chi connectivity index (χ0n) is 15.4. The van der Waals surface area contributed by atoms with Crippen LogP contribution in [-0.2, 0) is 0 Å². The minimum atomic E-state index is -0.181. The molecule has 25 heavy (non-hydrogen) atoms. The summed E-state index contributed by atoms with van der Waals surface area (Å²) in [5, 5.41) is 2.88. The molecule has 0 atom stereocenters. The number of benzene rings is 2. The molecule has 132 valence electrons.